The van der Waals surface area contributed by atoms with E-state index in [9.17, 15) is 0 Å². The van der Waals surface area contributed by atoms with Crippen LogP contribution in [0.3, 0.4) is 0 Å². The lowest BCUT2D eigenvalue weighted by atomic mass is 10.0. The second kappa shape index (κ2) is 3.69. The average Bonchev–Trinajstić information content (AvgIpc) is 2.50. The van der Waals surface area contributed by atoms with E-state index in [4.69, 9.17) is 17.3 Å². The monoisotopic (exact) mass is 224 g/mol. The van der Waals surface area contributed by atoms with E-state index in [0.29, 0.717) is 6.04 Å². The van der Waals surface area contributed by atoms with Crippen LogP contribution in [0.2, 0.25) is 5.02 Å². The molecule has 82 valence electrons. The first-order valence-electron chi connectivity index (χ1n) is 5.28. The Hall–Kier alpha value is -0.730. The van der Waals surface area contributed by atoms with Gasteiger partial charge in [-0.1, -0.05) is 17.7 Å². The lowest BCUT2D eigenvalue weighted by molar-refractivity contribution is 0.556. The Morgan fingerprint density at radius 2 is 2.20 bits per heavy atom. The van der Waals surface area contributed by atoms with Crippen LogP contribution in [0, 0.1) is 6.92 Å². The third-order valence-electron chi connectivity index (χ3n) is 3.33. The summed E-state index contributed by atoms with van der Waals surface area (Å²) in [5, 5.41) is 0.839. The molecule has 1 aliphatic heterocycles. The predicted molar refractivity (Wildman–Crippen MR) is 65.7 cm³/mol. The van der Waals surface area contributed by atoms with Crippen LogP contribution in [0.15, 0.2) is 12.1 Å². The second-order valence-corrected chi connectivity index (χ2v) is 4.83. The summed E-state index contributed by atoms with van der Waals surface area (Å²) >= 11 is 6.13. The van der Waals surface area contributed by atoms with E-state index in [2.05, 4.69) is 31.9 Å². The lowest BCUT2D eigenvalue weighted by Gasteiger charge is -2.26. The van der Waals surface area contributed by atoms with E-state index < -0.39 is 0 Å². The SMILES string of the molecule is Cc1c(Cl)ccc2c1N(C)C(C(C)N)C2. The lowest BCUT2D eigenvalue weighted by Crippen LogP contribution is -2.42. The van der Waals surface area contributed by atoms with Gasteiger partial charge in [0.2, 0.25) is 0 Å². The van der Waals surface area contributed by atoms with Gasteiger partial charge in [-0.05, 0) is 37.5 Å². The molecule has 0 bridgehead atoms. The molecule has 2 N–H and O–H groups in total. The fourth-order valence-corrected chi connectivity index (χ4v) is 2.61. The van der Waals surface area contributed by atoms with Crippen molar-refractivity contribution in [2.45, 2.75) is 32.4 Å². The van der Waals surface area contributed by atoms with Crippen molar-refractivity contribution in [1.29, 1.82) is 0 Å². The highest BCUT2D eigenvalue weighted by atomic mass is 35.5. The van der Waals surface area contributed by atoms with Crippen LogP contribution >= 0.6 is 11.6 Å². The molecule has 1 aliphatic rings. The number of nitrogens with two attached hydrogens (primary N) is 1. The van der Waals surface area contributed by atoms with Gasteiger partial charge >= 0.3 is 0 Å². The second-order valence-electron chi connectivity index (χ2n) is 4.42. The predicted octanol–water partition coefficient (Wildman–Crippen LogP) is 2.36. The van der Waals surface area contributed by atoms with Gasteiger partial charge in [0, 0.05) is 29.8 Å². The maximum Gasteiger partial charge on any atom is 0.0476 e. The Morgan fingerprint density at radius 1 is 1.53 bits per heavy atom. The Balaban J connectivity index is 2.46. The van der Waals surface area contributed by atoms with Crippen molar-refractivity contribution >= 4 is 17.3 Å². The highest BCUT2D eigenvalue weighted by molar-refractivity contribution is 6.31. The molecule has 1 heterocycles. The average molecular weight is 225 g/mol. The Labute approximate surface area is 96.0 Å². The zero-order chi connectivity index (χ0) is 11.2. The van der Waals surface area contributed by atoms with Crippen LogP contribution in [-0.4, -0.2) is 19.1 Å². The molecule has 15 heavy (non-hydrogen) atoms. The van der Waals surface area contributed by atoms with Crippen LogP contribution in [0.4, 0.5) is 5.69 Å². The molecule has 0 aromatic heterocycles. The van der Waals surface area contributed by atoms with Gasteiger partial charge in [-0.25, -0.2) is 0 Å². The minimum atomic E-state index is 0.181. The zero-order valence-electron chi connectivity index (χ0n) is 9.42. The quantitative estimate of drug-likeness (QED) is 0.794. The third-order valence-corrected chi connectivity index (χ3v) is 3.74. The molecule has 0 saturated carbocycles. The topological polar surface area (TPSA) is 29.3 Å². The molecule has 2 atom stereocenters. The van der Waals surface area contributed by atoms with Gasteiger partial charge < -0.3 is 10.6 Å². The molecule has 2 unspecified atom stereocenters. The van der Waals surface area contributed by atoms with Crippen molar-refractivity contribution in [2.24, 2.45) is 5.73 Å². The molecule has 2 rings (SSSR count). The first kappa shape index (κ1) is 10.8. The van der Waals surface area contributed by atoms with Gasteiger partial charge in [-0.15, -0.1) is 0 Å². The molecule has 3 heteroatoms. The molecule has 0 saturated heterocycles. The standard InChI is InChI=1S/C12H17ClN2/c1-7-10(13)5-4-9-6-11(8(2)14)15(3)12(7)9/h4-5,8,11H,6,14H2,1-3H3. The summed E-state index contributed by atoms with van der Waals surface area (Å²) in [5.41, 5.74) is 9.78. The van der Waals surface area contributed by atoms with Crippen molar-refractivity contribution in [2.75, 3.05) is 11.9 Å². The highest BCUT2D eigenvalue weighted by Crippen LogP contribution is 2.37. The smallest absolute Gasteiger partial charge is 0.0476 e. The van der Waals surface area contributed by atoms with E-state index in [1.807, 2.05) is 6.07 Å². The molecule has 1 aromatic carbocycles. The van der Waals surface area contributed by atoms with Crippen molar-refractivity contribution in [3.63, 3.8) is 0 Å². The van der Waals surface area contributed by atoms with E-state index >= 15 is 0 Å². The number of nitrogens with zero attached hydrogens (tertiary/aromatic N) is 1. The Morgan fingerprint density at radius 3 is 2.80 bits per heavy atom. The molecule has 0 fully saturated rings. The minimum absolute atomic E-state index is 0.181. The zero-order valence-corrected chi connectivity index (χ0v) is 10.2. The number of benzene rings is 1. The van der Waals surface area contributed by atoms with E-state index in [-0.39, 0.29) is 6.04 Å². The highest BCUT2D eigenvalue weighted by Gasteiger charge is 2.30. The molecule has 1 aromatic rings. The van der Waals surface area contributed by atoms with Gasteiger partial charge in [0.15, 0.2) is 0 Å². The number of fused-ring (bicyclic) bond motifs is 1. The molecule has 0 spiro atoms. The molecule has 0 aliphatic carbocycles. The minimum Gasteiger partial charge on any atom is -0.369 e. The first-order valence-corrected chi connectivity index (χ1v) is 5.66. The number of likely N-dealkylation sites (N-methyl/N-ethyl adjacent to an activating group) is 1. The maximum absolute atomic E-state index is 6.13. The summed E-state index contributed by atoms with van der Waals surface area (Å²) in [6, 6.07) is 4.68. The summed E-state index contributed by atoms with van der Waals surface area (Å²) < 4.78 is 0. The fraction of sp³-hybridized carbons (Fsp3) is 0.500. The van der Waals surface area contributed by atoms with Crippen molar-refractivity contribution in [1.82, 2.24) is 0 Å². The number of halogens is 1. The van der Waals surface area contributed by atoms with Crippen molar-refractivity contribution in [3.05, 3.63) is 28.3 Å². The van der Waals surface area contributed by atoms with Crippen LogP contribution in [0.5, 0.6) is 0 Å². The van der Waals surface area contributed by atoms with Crippen molar-refractivity contribution in [3.8, 4) is 0 Å². The van der Waals surface area contributed by atoms with Crippen LogP contribution in [0.1, 0.15) is 18.1 Å². The summed E-state index contributed by atoms with van der Waals surface area (Å²) in [6.07, 6.45) is 1.03. The summed E-state index contributed by atoms with van der Waals surface area (Å²) in [4.78, 5) is 2.27. The molecule has 2 nitrogen and oxygen atoms in total. The van der Waals surface area contributed by atoms with E-state index in [1.54, 1.807) is 0 Å². The van der Waals surface area contributed by atoms with Crippen molar-refractivity contribution < 1.29 is 0 Å². The van der Waals surface area contributed by atoms with Gasteiger partial charge in [-0.2, -0.15) is 0 Å². The number of hydrogen-bond donors (Lipinski definition) is 1. The normalized spacial score (nSPS) is 21.7. The third kappa shape index (κ3) is 1.62. The van der Waals surface area contributed by atoms with Crippen LogP contribution in [0.25, 0.3) is 0 Å². The number of anilines is 1. The Kier molecular flexibility index (Phi) is 2.65. The van der Waals surface area contributed by atoms with E-state index in [0.717, 1.165) is 11.4 Å². The summed E-state index contributed by atoms with van der Waals surface area (Å²) in [5.74, 6) is 0. The van der Waals surface area contributed by atoms with Crippen LogP contribution in [-0.2, 0) is 6.42 Å². The van der Waals surface area contributed by atoms with Crippen LogP contribution < -0.4 is 10.6 Å². The van der Waals surface area contributed by atoms with Gasteiger partial charge in [0.25, 0.3) is 0 Å². The fourth-order valence-electron chi connectivity index (χ4n) is 2.45. The Bertz CT molecular complexity index is 387. The summed E-state index contributed by atoms with van der Waals surface area (Å²) in [6.45, 7) is 4.13. The van der Waals surface area contributed by atoms with Gasteiger partial charge in [0.1, 0.15) is 0 Å². The number of hydrogen-bond acceptors (Lipinski definition) is 2. The summed E-state index contributed by atoms with van der Waals surface area (Å²) in [7, 11) is 2.10. The van der Waals surface area contributed by atoms with Gasteiger partial charge in [-0.3, -0.25) is 0 Å². The maximum atomic E-state index is 6.13. The number of rotatable bonds is 1. The van der Waals surface area contributed by atoms with Gasteiger partial charge in [0.05, 0.1) is 0 Å². The molecular weight excluding hydrogens is 208 g/mol. The molecular formula is C12H17ClN2. The molecule has 0 amide bonds. The first-order chi connectivity index (χ1) is 7.02. The van der Waals surface area contributed by atoms with E-state index in [1.165, 1.54) is 16.8 Å². The largest absolute Gasteiger partial charge is 0.369 e. The molecule has 0 radical (unpaired) electrons.